The molecule has 1 aliphatic rings. The van der Waals surface area contributed by atoms with Gasteiger partial charge in [0.1, 0.15) is 12.1 Å². The van der Waals surface area contributed by atoms with Crippen LogP contribution in [0.3, 0.4) is 0 Å². The van der Waals surface area contributed by atoms with Gasteiger partial charge in [0, 0.05) is 49.0 Å². The molecule has 0 spiro atoms. The number of thiazole rings is 1. The Balaban J connectivity index is 1.66. The molecule has 6 heteroatoms. The summed E-state index contributed by atoms with van der Waals surface area (Å²) in [7, 11) is 0. The third-order valence-electron chi connectivity index (χ3n) is 3.27. The SMILES string of the molecule is Cc1cc(N2CCN(c3ncc(C)s3)CC2)ncn1. The molecule has 2 aromatic heterocycles. The topological polar surface area (TPSA) is 45.2 Å². The summed E-state index contributed by atoms with van der Waals surface area (Å²) in [5.41, 5.74) is 1.02. The third-order valence-corrected chi connectivity index (χ3v) is 4.25. The van der Waals surface area contributed by atoms with Gasteiger partial charge in [-0.1, -0.05) is 0 Å². The maximum atomic E-state index is 4.45. The summed E-state index contributed by atoms with van der Waals surface area (Å²) in [6.45, 7) is 8.05. The molecule has 1 fully saturated rings. The van der Waals surface area contributed by atoms with E-state index in [4.69, 9.17) is 0 Å². The summed E-state index contributed by atoms with van der Waals surface area (Å²) in [6, 6.07) is 2.04. The Hall–Kier alpha value is -1.69. The van der Waals surface area contributed by atoms with Crippen molar-refractivity contribution in [3.05, 3.63) is 29.2 Å². The summed E-state index contributed by atoms with van der Waals surface area (Å²) in [5, 5.41) is 1.14. The van der Waals surface area contributed by atoms with Crippen LogP contribution in [0.25, 0.3) is 0 Å². The fourth-order valence-corrected chi connectivity index (χ4v) is 3.04. The van der Waals surface area contributed by atoms with E-state index in [0.717, 1.165) is 42.8 Å². The van der Waals surface area contributed by atoms with Crippen LogP contribution in [0.2, 0.25) is 0 Å². The summed E-state index contributed by atoms with van der Waals surface area (Å²) in [4.78, 5) is 18.9. The Bertz CT molecular complexity index is 560. The van der Waals surface area contributed by atoms with Crippen molar-refractivity contribution in [2.75, 3.05) is 36.0 Å². The quantitative estimate of drug-likeness (QED) is 0.837. The van der Waals surface area contributed by atoms with Crippen molar-refractivity contribution < 1.29 is 0 Å². The van der Waals surface area contributed by atoms with Crippen LogP contribution < -0.4 is 9.80 Å². The number of piperazine rings is 1. The van der Waals surface area contributed by atoms with Crippen molar-refractivity contribution >= 4 is 22.3 Å². The first-order valence-electron chi connectivity index (χ1n) is 6.43. The molecule has 0 bridgehead atoms. The van der Waals surface area contributed by atoms with Crippen LogP contribution in [0.15, 0.2) is 18.6 Å². The first-order chi connectivity index (χ1) is 9.22. The molecule has 5 nitrogen and oxygen atoms in total. The minimum absolute atomic E-state index is 0.981. The number of rotatable bonds is 2. The van der Waals surface area contributed by atoms with Gasteiger partial charge in [0.05, 0.1) is 0 Å². The molecule has 0 amide bonds. The second-order valence-corrected chi connectivity index (χ2v) is 5.96. The molecular weight excluding hydrogens is 258 g/mol. The fourth-order valence-electron chi connectivity index (χ4n) is 2.23. The van der Waals surface area contributed by atoms with Gasteiger partial charge in [0.25, 0.3) is 0 Å². The van der Waals surface area contributed by atoms with Crippen molar-refractivity contribution in [3.8, 4) is 0 Å². The van der Waals surface area contributed by atoms with Crippen molar-refractivity contribution in [2.45, 2.75) is 13.8 Å². The monoisotopic (exact) mass is 275 g/mol. The smallest absolute Gasteiger partial charge is 0.185 e. The zero-order valence-electron chi connectivity index (χ0n) is 11.2. The Kier molecular flexibility index (Phi) is 3.33. The van der Waals surface area contributed by atoms with E-state index in [0.29, 0.717) is 0 Å². The van der Waals surface area contributed by atoms with Crippen LogP contribution in [0.5, 0.6) is 0 Å². The minimum Gasteiger partial charge on any atom is -0.353 e. The lowest BCUT2D eigenvalue weighted by Gasteiger charge is -2.35. The van der Waals surface area contributed by atoms with E-state index in [-0.39, 0.29) is 0 Å². The first kappa shape index (κ1) is 12.3. The van der Waals surface area contributed by atoms with E-state index in [1.807, 2.05) is 19.2 Å². The van der Waals surface area contributed by atoms with Gasteiger partial charge in [-0.3, -0.25) is 0 Å². The molecule has 0 unspecified atom stereocenters. The van der Waals surface area contributed by atoms with Crippen molar-refractivity contribution in [1.29, 1.82) is 0 Å². The number of aromatic nitrogens is 3. The van der Waals surface area contributed by atoms with Gasteiger partial charge in [-0.05, 0) is 13.8 Å². The molecule has 0 N–H and O–H groups in total. The molecule has 3 heterocycles. The van der Waals surface area contributed by atoms with Crippen LogP contribution in [0.4, 0.5) is 10.9 Å². The number of nitrogens with zero attached hydrogens (tertiary/aromatic N) is 5. The molecule has 19 heavy (non-hydrogen) atoms. The molecule has 1 saturated heterocycles. The summed E-state index contributed by atoms with van der Waals surface area (Å²) in [6.07, 6.45) is 3.58. The van der Waals surface area contributed by atoms with Crippen LogP contribution >= 0.6 is 11.3 Å². The van der Waals surface area contributed by atoms with E-state index in [2.05, 4.69) is 31.7 Å². The van der Waals surface area contributed by atoms with E-state index < -0.39 is 0 Å². The maximum Gasteiger partial charge on any atom is 0.185 e. The normalized spacial score (nSPS) is 15.9. The van der Waals surface area contributed by atoms with Crippen molar-refractivity contribution in [1.82, 2.24) is 15.0 Å². The van der Waals surface area contributed by atoms with Crippen molar-refractivity contribution in [3.63, 3.8) is 0 Å². The molecule has 0 atom stereocenters. The van der Waals surface area contributed by atoms with Gasteiger partial charge in [-0.2, -0.15) is 0 Å². The van der Waals surface area contributed by atoms with E-state index in [1.165, 1.54) is 4.88 Å². The zero-order chi connectivity index (χ0) is 13.2. The highest BCUT2D eigenvalue weighted by atomic mass is 32.1. The van der Waals surface area contributed by atoms with Gasteiger partial charge < -0.3 is 9.80 Å². The Labute approximate surface area is 116 Å². The van der Waals surface area contributed by atoms with Gasteiger partial charge in [-0.15, -0.1) is 11.3 Å². The van der Waals surface area contributed by atoms with Crippen LogP contribution in [-0.2, 0) is 0 Å². The maximum absolute atomic E-state index is 4.45. The molecule has 0 aromatic carbocycles. The molecule has 0 aliphatic carbocycles. The molecule has 0 radical (unpaired) electrons. The Morgan fingerprint density at radius 3 is 2.37 bits per heavy atom. The first-order valence-corrected chi connectivity index (χ1v) is 7.25. The number of aryl methyl sites for hydroxylation is 2. The summed E-state index contributed by atoms with van der Waals surface area (Å²) >= 11 is 1.76. The van der Waals surface area contributed by atoms with Crippen LogP contribution in [0, 0.1) is 13.8 Å². The molecule has 100 valence electrons. The van der Waals surface area contributed by atoms with E-state index in [9.17, 15) is 0 Å². The average Bonchev–Trinajstić information content (AvgIpc) is 2.86. The van der Waals surface area contributed by atoms with Gasteiger partial charge in [-0.25, -0.2) is 15.0 Å². The van der Waals surface area contributed by atoms with Crippen LogP contribution in [0.1, 0.15) is 10.6 Å². The number of hydrogen-bond acceptors (Lipinski definition) is 6. The third kappa shape index (κ3) is 2.68. The van der Waals surface area contributed by atoms with Crippen LogP contribution in [-0.4, -0.2) is 41.1 Å². The predicted molar refractivity (Wildman–Crippen MR) is 78.0 cm³/mol. The highest BCUT2D eigenvalue weighted by Crippen LogP contribution is 2.23. The lowest BCUT2D eigenvalue weighted by molar-refractivity contribution is 0.645. The Morgan fingerprint density at radius 2 is 1.74 bits per heavy atom. The van der Waals surface area contributed by atoms with Crippen molar-refractivity contribution in [2.24, 2.45) is 0 Å². The highest BCUT2D eigenvalue weighted by Gasteiger charge is 2.20. The van der Waals surface area contributed by atoms with E-state index in [1.54, 1.807) is 17.7 Å². The largest absolute Gasteiger partial charge is 0.353 e. The lowest BCUT2D eigenvalue weighted by atomic mass is 10.3. The number of hydrogen-bond donors (Lipinski definition) is 0. The zero-order valence-corrected chi connectivity index (χ0v) is 12.0. The fraction of sp³-hybridized carbons (Fsp3) is 0.462. The molecule has 3 rings (SSSR count). The van der Waals surface area contributed by atoms with Gasteiger partial charge in [0.2, 0.25) is 0 Å². The average molecular weight is 275 g/mol. The molecular formula is C13H17N5S. The number of anilines is 2. The summed E-state index contributed by atoms with van der Waals surface area (Å²) in [5.74, 6) is 1.03. The highest BCUT2D eigenvalue weighted by molar-refractivity contribution is 7.15. The standard InChI is InChI=1S/C13H17N5S/c1-10-7-12(16-9-15-10)17-3-5-18(6-4-17)13-14-8-11(2)19-13/h7-9H,3-6H2,1-2H3. The van der Waals surface area contributed by atoms with Gasteiger partial charge in [0.15, 0.2) is 5.13 Å². The lowest BCUT2D eigenvalue weighted by Crippen LogP contribution is -2.46. The summed E-state index contributed by atoms with van der Waals surface area (Å²) < 4.78 is 0. The molecule has 1 aliphatic heterocycles. The van der Waals surface area contributed by atoms with Gasteiger partial charge >= 0.3 is 0 Å². The minimum atomic E-state index is 0.981. The predicted octanol–water partition coefficient (Wildman–Crippen LogP) is 1.88. The second-order valence-electron chi connectivity index (χ2n) is 4.75. The second kappa shape index (κ2) is 5.13. The Morgan fingerprint density at radius 1 is 1.00 bits per heavy atom. The molecule has 2 aromatic rings. The van der Waals surface area contributed by atoms with E-state index >= 15 is 0 Å². The molecule has 0 saturated carbocycles.